The van der Waals surface area contributed by atoms with Crippen LogP contribution in [0.15, 0.2) is 46.9 Å². The van der Waals surface area contributed by atoms with Crippen LogP contribution in [0.3, 0.4) is 0 Å². The Morgan fingerprint density at radius 2 is 1.64 bits per heavy atom. The Morgan fingerprint density at radius 1 is 1.04 bits per heavy atom. The van der Waals surface area contributed by atoms with Crippen LogP contribution in [-0.4, -0.2) is 19.1 Å². The minimum Gasteiger partial charge on any atom is -0.466 e. The summed E-state index contributed by atoms with van der Waals surface area (Å²) in [6.45, 7) is 0. The third-order valence-corrected chi connectivity index (χ3v) is 3.75. The second-order valence-corrected chi connectivity index (χ2v) is 5.59. The Hall–Kier alpha value is -2.74. The van der Waals surface area contributed by atoms with Gasteiger partial charge in [0.1, 0.15) is 11.6 Å². The average molecular weight is 411 g/mol. The lowest BCUT2D eigenvalue weighted by atomic mass is 10.1. The average Bonchev–Trinajstić information content (AvgIpc) is 2.58. The zero-order chi connectivity index (χ0) is 18.4. The van der Waals surface area contributed by atoms with Crippen molar-refractivity contribution in [2.75, 3.05) is 17.7 Å². The molecule has 0 spiro atoms. The molecule has 0 heterocycles. The van der Waals surface area contributed by atoms with Crippen LogP contribution in [0.2, 0.25) is 0 Å². The van der Waals surface area contributed by atoms with Crippen molar-refractivity contribution >= 4 is 45.4 Å². The number of rotatable bonds is 4. The van der Waals surface area contributed by atoms with Crippen molar-refractivity contribution in [2.45, 2.75) is 0 Å². The van der Waals surface area contributed by atoms with E-state index in [1.807, 2.05) is 0 Å². The van der Waals surface area contributed by atoms with Crippen molar-refractivity contribution in [2.24, 2.45) is 0 Å². The number of hydrogen-bond acceptors (Lipinski definition) is 3. The van der Waals surface area contributed by atoms with Gasteiger partial charge in [-0.15, -0.1) is 0 Å². The predicted molar refractivity (Wildman–Crippen MR) is 94.2 cm³/mol. The van der Waals surface area contributed by atoms with Gasteiger partial charge in [0.2, 0.25) is 0 Å². The van der Waals surface area contributed by atoms with Crippen molar-refractivity contribution in [1.82, 2.24) is 0 Å². The van der Waals surface area contributed by atoms with Crippen molar-refractivity contribution in [1.29, 1.82) is 0 Å². The first-order valence-electron chi connectivity index (χ1n) is 6.99. The number of benzene rings is 2. The van der Waals surface area contributed by atoms with Gasteiger partial charge in [0.05, 0.1) is 18.5 Å². The maximum absolute atomic E-state index is 14.0. The molecule has 0 radical (unpaired) electrons. The molecule has 2 amide bonds. The van der Waals surface area contributed by atoms with Gasteiger partial charge in [0.15, 0.2) is 0 Å². The molecular formula is C17H13BrF2N2O3. The van der Waals surface area contributed by atoms with Gasteiger partial charge in [-0.05, 0) is 40.2 Å². The van der Waals surface area contributed by atoms with E-state index in [-0.39, 0.29) is 16.9 Å². The van der Waals surface area contributed by atoms with E-state index in [0.29, 0.717) is 4.47 Å². The highest BCUT2D eigenvalue weighted by Gasteiger charge is 2.14. The van der Waals surface area contributed by atoms with Crippen LogP contribution in [0, 0.1) is 11.6 Å². The lowest BCUT2D eigenvalue weighted by molar-refractivity contribution is -0.134. The van der Waals surface area contributed by atoms with Gasteiger partial charge in [-0.2, -0.15) is 0 Å². The molecule has 0 unspecified atom stereocenters. The normalized spacial score (nSPS) is 10.6. The van der Waals surface area contributed by atoms with E-state index in [9.17, 15) is 18.4 Å². The summed E-state index contributed by atoms with van der Waals surface area (Å²) >= 11 is 3.12. The number of ether oxygens (including phenoxy) is 1. The van der Waals surface area contributed by atoms with Crippen LogP contribution >= 0.6 is 15.9 Å². The molecule has 0 bridgehead atoms. The lowest BCUT2D eigenvalue weighted by Crippen LogP contribution is -2.21. The maximum atomic E-state index is 14.0. The molecule has 8 heteroatoms. The number of anilines is 2. The first-order chi connectivity index (χ1) is 11.9. The first kappa shape index (κ1) is 18.6. The fourth-order valence-corrected chi connectivity index (χ4v) is 2.35. The van der Waals surface area contributed by atoms with Gasteiger partial charge in [-0.25, -0.2) is 18.4 Å². The summed E-state index contributed by atoms with van der Waals surface area (Å²) in [5.74, 6) is -1.99. The van der Waals surface area contributed by atoms with Crippen LogP contribution in [0.5, 0.6) is 0 Å². The predicted octanol–water partition coefficient (Wildman–Crippen LogP) is 4.56. The Morgan fingerprint density at radius 3 is 2.28 bits per heavy atom. The van der Waals surface area contributed by atoms with Crippen LogP contribution in [0.1, 0.15) is 5.56 Å². The summed E-state index contributed by atoms with van der Waals surface area (Å²) in [7, 11) is 1.21. The molecule has 0 aliphatic heterocycles. The molecule has 0 atom stereocenters. The first-order valence-corrected chi connectivity index (χ1v) is 7.78. The highest BCUT2D eigenvalue weighted by Crippen LogP contribution is 2.26. The largest absolute Gasteiger partial charge is 0.466 e. The van der Waals surface area contributed by atoms with Crippen LogP contribution in [0.25, 0.3) is 6.08 Å². The molecular weight excluding hydrogens is 398 g/mol. The summed E-state index contributed by atoms with van der Waals surface area (Å²) in [5, 5.41) is 4.61. The van der Waals surface area contributed by atoms with E-state index >= 15 is 0 Å². The molecule has 2 aromatic rings. The van der Waals surface area contributed by atoms with E-state index in [4.69, 9.17) is 0 Å². The number of esters is 1. The van der Waals surface area contributed by atoms with Crippen molar-refractivity contribution in [3.05, 3.63) is 64.1 Å². The Bertz CT molecular complexity index is 820. The van der Waals surface area contributed by atoms with Crippen LogP contribution in [-0.2, 0) is 9.53 Å². The van der Waals surface area contributed by atoms with E-state index in [2.05, 4.69) is 31.3 Å². The van der Waals surface area contributed by atoms with Gasteiger partial charge in [-0.1, -0.05) is 18.2 Å². The number of carbonyl (C=O) groups is 2. The molecule has 25 heavy (non-hydrogen) atoms. The molecule has 2 N–H and O–H groups in total. The molecule has 2 aromatic carbocycles. The van der Waals surface area contributed by atoms with E-state index in [1.54, 1.807) is 6.07 Å². The van der Waals surface area contributed by atoms with Gasteiger partial charge < -0.3 is 15.4 Å². The molecule has 2 rings (SSSR count). The molecule has 0 saturated carbocycles. The molecule has 5 nitrogen and oxygen atoms in total. The van der Waals surface area contributed by atoms with E-state index < -0.39 is 23.6 Å². The molecule has 0 aliphatic carbocycles. The number of urea groups is 1. The van der Waals surface area contributed by atoms with E-state index in [1.165, 1.54) is 37.5 Å². The highest BCUT2D eigenvalue weighted by atomic mass is 79.9. The van der Waals surface area contributed by atoms with Crippen molar-refractivity contribution in [3.8, 4) is 0 Å². The summed E-state index contributed by atoms with van der Waals surface area (Å²) in [5.41, 5.74) is 0.00348. The third-order valence-electron chi connectivity index (χ3n) is 3.09. The van der Waals surface area contributed by atoms with Gasteiger partial charge in [-0.3, -0.25) is 0 Å². The zero-order valence-electron chi connectivity index (χ0n) is 13.0. The highest BCUT2D eigenvalue weighted by molar-refractivity contribution is 9.10. The maximum Gasteiger partial charge on any atom is 0.330 e. The number of methoxy groups -OCH3 is 1. The quantitative estimate of drug-likeness (QED) is 0.573. The number of nitrogens with one attached hydrogen (secondary N) is 2. The number of carbonyl (C=O) groups excluding carboxylic acids is 2. The number of halogens is 3. The summed E-state index contributed by atoms with van der Waals surface area (Å²) in [6, 6.07) is 7.41. The second kappa shape index (κ2) is 8.39. The van der Waals surface area contributed by atoms with Gasteiger partial charge in [0.25, 0.3) is 0 Å². The monoisotopic (exact) mass is 410 g/mol. The smallest absolute Gasteiger partial charge is 0.330 e. The number of hydrogen-bond donors (Lipinski definition) is 2. The molecule has 0 aliphatic rings. The second-order valence-electron chi connectivity index (χ2n) is 4.74. The topological polar surface area (TPSA) is 67.4 Å². The molecule has 130 valence electrons. The molecule has 0 fully saturated rings. The summed E-state index contributed by atoms with van der Waals surface area (Å²) in [6.07, 6.45) is 2.38. The Balaban J connectivity index is 2.23. The van der Waals surface area contributed by atoms with Crippen LogP contribution in [0.4, 0.5) is 25.0 Å². The number of amides is 2. The standard InChI is InChI=1S/C17H13BrF2N2O3/c1-25-14(23)9-8-10-4-2-6-12(19)15(10)21-17(24)22-16-11(18)5-3-7-13(16)20/h2-9H,1H3,(H2,21,22,24)/b9-8+. The fourth-order valence-electron chi connectivity index (χ4n) is 1.91. The molecule has 0 saturated heterocycles. The minimum absolute atomic E-state index is 0.0806. The van der Waals surface area contributed by atoms with E-state index in [0.717, 1.165) is 12.1 Å². The van der Waals surface area contributed by atoms with Crippen molar-refractivity contribution in [3.63, 3.8) is 0 Å². The summed E-state index contributed by atoms with van der Waals surface area (Å²) < 4.78 is 32.6. The van der Waals surface area contributed by atoms with Gasteiger partial charge >= 0.3 is 12.0 Å². The third kappa shape index (κ3) is 4.87. The van der Waals surface area contributed by atoms with Gasteiger partial charge in [0, 0.05) is 16.1 Å². The lowest BCUT2D eigenvalue weighted by Gasteiger charge is -2.12. The SMILES string of the molecule is COC(=O)/C=C/c1cccc(F)c1NC(=O)Nc1c(F)cccc1Br. The zero-order valence-corrected chi connectivity index (χ0v) is 14.6. The molecule has 0 aromatic heterocycles. The fraction of sp³-hybridized carbons (Fsp3) is 0.0588. The Kier molecular flexibility index (Phi) is 6.24. The number of para-hydroxylation sites is 2. The Labute approximate surface area is 150 Å². The summed E-state index contributed by atoms with van der Waals surface area (Å²) in [4.78, 5) is 23.3. The minimum atomic E-state index is -0.844. The van der Waals surface area contributed by atoms with Crippen molar-refractivity contribution < 1.29 is 23.1 Å². The van der Waals surface area contributed by atoms with Crippen LogP contribution < -0.4 is 10.6 Å².